The van der Waals surface area contributed by atoms with Crippen molar-refractivity contribution in [1.29, 1.82) is 0 Å². The van der Waals surface area contributed by atoms with Crippen molar-refractivity contribution < 1.29 is 14.7 Å². The van der Waals surface area contributed by atoms with Gasteiger partial charge in [0.15, 0.2) is 0 Å². The topological polar surface area (TPSA) is 121 Å². The minimum Gasteiger partial charge on any atom is -0.494 e. The summed E-state index contributed by atoms with van der Waals surface area (Å²) in [4.78, 5) is 47.2. The highest BCUT2D eigenvalue weighted by atomic mass is 16.3. The molecule has 10 nitrogen and oxygen atoms in total. The van der Waals surface area contributed by atoms with E-state index in [4.69, 9.17) is 0 Å². The molecule has 0 radical (unpaired) electrons. The molecule has 6 aromatic carbocycles. The van der Waals surface area contributed by atoms with Crippen LogP contribution in [-0.2, 0) is 6.54 Å². The predicted molar refractivity (Wildman–Crippen MR) is 217 cm³/mol. The van der Waals surface area contributed by atoms with Gasteiger partial charge in [0.2, 0.25) is 5.88 Å². The van der Waals surface area contributed by atoms with Crippen molar-refractivity contribution in [2.75, 3.05) is 32.7 Å². The van der Waals surface area contributed by atoms with Gasteiger partial charge in [-0.1, -0.05) is 60.7 Å². The van der Waals surface area contributed by atoms with Crippen molar-refractivity contribution >= 4 is 72.0 Å². The number of carbonyl (C=O) groups excluding carboxylic acids is 2. The fraction of sp³-hybridized carbons (Fsp3) is 0.156. The smallest absolute Gasteiger partial charge is 0.263 e. The third-order valence-corrected chi connectivity index (χ3v) is 11.1. The van der Waals surface area contributed by atoms with Crippen LogP contribution in [0.4, 0.5) is 0 Å². The van der Waals surface area contributed by atoms with E-state index in [9.17, 15) is 19.5 Å². The average molecular weight is 725 g/mol. The number of hydrogen-bond donors (Lipinski definition) is 3. The second kappa shape index (κ2) is 13.0. The number of amides is 2. The Morgan fingerprint density at radius 3 is 2.04 bits per heavy atom. The summed E-state index contributed by atoms with van der Waals surface area (Å²) in [5, 5.41) is 25.2. The van der Waals surface area contributed by atoms with Gasteiger partial charge in [0.25, 0.3) is 17.4 Å². The molecule has 55 heavy (non-hydrogen) atoms. The van der Waals surface area contributed by atoms with Crippen LogP contribution in [0.1, 0.15) is 32.7 Å². The molecular weight excluding hydrogens is 689 g/mol. The number of rotatable bonds is 11. The molecule has 0 fully saturated rings. The molecule has 2 aromatic heterocycles. The van der Waals surface area contributed by atoms with Gasteiger partial charge in [-0.3, -0.25) is 28.8 Å². The quantitative estimate of drug-likeness (QED) is 0.106. The highest BCUT2D eigenvalue weighted by molar-refractivity contribution is 6.26. The normalized spacial score (nSPS) is 13.6. The standard InChI is InChI=1S/C45H36N6O4/c52-42-33-12-6-9-28-25-30(51-36-14-3-1-10-31(36)32-11-2-4-15-37(32)51)26-35(38(28)33)44(54)49(42)22-20-46-17-7-18-47-21-23-50-43(53)34-13-5-8-27-24-29-16-19-48-41(29)40(39(27)34)45(50)55/h1-6,8-16,19,24-26,46-47,53H,7,17-18,20-23H2. The van der Waals surface area contributed by atoms with E-state index in [0.29, 0.717) is 65.4 Å². The van der Waals surface area contributed by atoms with E-state index in [2.05, 4.69) is 50.5 Å². The molecule has 2 aliphatic rings. The van der Waals surface area contributed by atoms with Crippen LogP contribution in [0.5, 0.6) is 5.88 Å². The first-order valence-electron chi connectivity index (χ1n) is 18.7. The van der Waals surface area contributed by atoms with E-state index < -0.39 is 0 Å². The number of para-hydroxylation sites is 2. The average Bonchev–Trinajstić information content (AvgIpc) is 3.82. The van der Waals surface area contributed by atoms with E-state index in [1.165, 1.54) is 9.47 Å². The maximum absolute atomic E-state index is 14.1. The zero-order valence-corrected chi connectivity index (χ0v) is 29.9. The first-order chi connectivity index (χ1) is 27.0. The summed E-state index contributed by atoms with van der Waals surface area (Å²) < 4.78 is 3.62. The Bertz CT molecular complexity index is 3020. The lowest BCUT2D eigenvalue weighted by Crippen LogP contribution is -2.44. The molecule has 2 amide bonds. The number of aromatic hydroxyl groups is 1. The minimum atomic E-state index is -0.291. The third kappa shape index (κ3) is 5.17. The van der Waals surface area contributed by atoms with E-state index in [-0.39, 0.29) is 29.8 Å². The zero-order chi connectivity index (χ0) is 37.2. The van der Waals surface area contributed by atoms with Gasteiger partial charge in [0.05, 0.1) is 27.3 Å². The van der Waals surface area contributed by atoms with Crippen molar-refractivity contribution in [3.8, 4) is 11.6 Å². The lowest BCUT2D eigenvalue weighted by Gasteiger charge is -2.28. The molecule has 0 bridgehead atoms. The van der Waals surface area contributed by atoms with Crippen molar-refractivity contribution in [1.82, 2.24) is 24.7 Å². The van der Waals surface area contributed by atoms with E-state index in [1.807, 2.05) is 72.8 Å². The van der Waals surface area contributed by atoms with Crippen molar-refractivity contribution in [2.24, 2.45) is 4.99 Å². The Morgan fingerprint density at radius 1 is 0.618 bits per heavy atom. The lowest BCUT2D eigenvalue weighted by atomic mass is 9.93. The van der Waals surface area contributed by atoms with Gasteiger partial charge < -0.3 is 20.3 Å². The molecule has 270 valence electrons. The number of imide groups is 1. The molecule has 0 aliphatic carbocycles. The Morgan fingerprint density at radius 2 is 1.27 bits per heavy atom. The zero-order valence-electron chi connectivity index (χ0n) is 29.9. The summed E-state index contributed by atoms with van der Waals surface area (Å²) in [6.07, 6.45) is 4.39. The van der Waals surface area contributed by atoms with Gasteiger partial charge >= 0.3 is 0 Å². The molecule has 0 saturated heterocycles. The van der Waals surface area contributed by atoms with Crippen LogP contribution in [0.2, 0.25) is 0 Å². The Hall–Kier alpha value is -6.62. The van der Waals surface area contributed by atoms with Crippen molar-refractivity contribution in [2.45, 2.75) is 13.0 Å². The van der Waals surface area contributed by atoms with E-state index in [1.54, 1.807) is 12.3 Å². The number of carbonyl (C=O) groups is 2. The summed E-state index contributed by atoms with van der Waals surface area (Å²) in [6.45, 7) is 2.84. The number of pyridine rings is 1. The number of hydrogen-bond acceptors (Lipinski definition) is 7. The predicted octanol–water partition coefficient (Wildman–Crippen LogP) is 6.30. The van der Waals surface area contributed by atoms with Crippen LogP contribution in [0, 0.1) is 0 Å². The Balaban J connectivity index is 0.793. The summed E-state index contributed by atoms with van der Waals surface area (Å²) in [7, 11) is 0. The lowest BCUT2D eigenvalue weighted by molar-refractivity contribution is 0.0612. The molecule has 0 unspecified atom stereocenters. The number of nitrogens with zero attached hydrogens (tertiary/aromatic N) is 4. The maximum atomic E-state index is 14.1. The van der Waals surface area contributed by atoms with Crippen LogP contribution in [0.3, 0.4) is 0 Å². The van der Waals surface area contributed by atoms with Gasteiger partial charge in [-0.15, -0.1) is 0 Å². The van der Waals surface area contributed by atoms with Gasteiger partial charge in [0.1, 0.15) is 0 Å². The number of aromatic nitrogens is 2. The molecule has 3 N–H and O–H groups in total. The third-order valence-electron chi connectivity index (χ3n) is 11.1. The van der Waals surface area contributed by atoms with Gasteiger partial charge in [-0.2, -0.15) is 0 Å². The van der Waals surface area contributed by atoms with Crippen molar-refractivity contribution in [3.63, 3.8) is 0 Å². The molecule has 10 rings (SSSR count). The first-order valence-corrected chi connectivity index (χ1v) is 18.7. The fourth-order valence-electron chi connectivity index (χ4n) is 8.55. The van der Waals surface area contributed by atoms with Crippen LogP contribution in [0.25, 0.3) is 65.9 Å². The molecule has 2 aliphatic heterocycles. The largest absolute Gasteiger partial charge is 0.494 e. The van der Waals surface area contributed by atoms with Crippen LogP contribution < -0.4 is 21.6 Å². The molecule has 0 saturated carbocycles. The van der Waals surface area contributed by atoms with Crippen LogP contribution in [-0.4, -0.2) is 63.7 Å². The number of fused-ring (bicyclic) bond motifs is 5. The highest BCUT2D eigenvalue weighted by Gasteiger charge is 2.33. The summed E-state index contributed by atoms with van der Waals surface area (Å²) >= 11 is 0. The van der Waals surface area contributed by atoms with Gasteiger partial charge in [-0.25, -0.2) is 0 Å². The molecule has 0 spiro atoms. The second-order valence-electron chi connectivity index (χ2n) is 14.2. The molecule has 0 atom stereocenters. The van der Waals surface area contributed by atoms with Gasteiger partial charge in [0, 0.05) is 76.1 Å². The van der Waals surface area contributed by atoms with E-state index >= 15 is 0 Å². The SMILES string of the molecule is O=C1c2cccc3cc(-n4c5ccccc5c5ccccc54)cc(c23)C(=O)N1CCNCCCNCCn1c(O)c2cccc3cc4c(c(c1=O)c32)=NC=C4. The Kier molecular flexibility index (Phi) is 7.83. The number of nitrogens with one attached hydrogen (secondary N) is 2. The van der Waals surface area contributed by atoms with E-state index in [0.717, 1.165) is 55.6 Å². The second-order valence-corrected chi connectivity index (χ2v) is 14.2. The van der Waals surface area contributed by atoms with Crippen LogP contribution in [0.15, 0.2) is 119 Å². The number of benzene rings is 6. The molecule has 10 heteroatoms. The maximum Gasteiger partial charge on any atom is 0.263 e. The molecular formula is C45H36N6O4. The van der Waals surface area contributed by atoms with Crippen LogP contribution >= 0.6 is 0 Å². The fourth-order valence-corrected chi connectivity index (χ4v) is 8.55. The monoisotopic (exact) mass is 724 g/mol. The first kappa shape index (κ1) is 33.0. The van der Waals surface area contributed by atoms with Gasteiger partial charge in [-0.05, 0) is 78.8 Å². The molecule has 8 aromatic rings. The highest BCUT2D eigenvalue weighted by Crippen LogP contribution is 2.37. The minimum absolute atomic E-state index is 0.0407. The van der Waals surface area contributed by atoms with Crippen molar-refractivity contribution in [3.05, 3.63) is 142 Å². The summed E-state index contributed by atoms with van der Waals surface area (Å²) in [5.74, 6) is -0.612. The Labute approximate surface area is 314 Å². The summed E-state index contributed by atoms with van der Waals surface area (Å²) in [6, 6.07) is 33.9. The summed E-state index contributed by atoms with van der Waals surface area (Å²) in [5.41, 5.74) is 4.70. The molecule has 4 heterocycles.